The van der Waals surface area contributed by atoms with Crippen LogP contribution >= 0.6 is 0 Å². The van der Waals surface area contributed by atoms with Crippen molar-refractivity contribution in [2.24, 2.45) is 5.92 Å². The van der Waals surface area contributed by atoms with Crippen LogP contribution in [0.25, 0.3) is 0 Å². The first kappa shape index (κ1) is 20.1. The SMILES string of the molecule is C[C@@]1(O)CCN(C2CCN(C(=O)c3ccccc3)CC2)C[C@@H]1Cc1ccccc1. The van der Waals surface area contributed by atoms with Crippen LogP contribution in [0.1, 0.15) is 42.1 Å². The summed E-state index contributed by atoms with van der Waals surface area (Å²) in [5.41, 5.74) is 1.46. The summed E-state index contributed by atoms with van der Waals surface area (Å²) in [6, 6.07) is 20.6. The fourth-order valence-corrected chi connectivity index (χ4v) is 4.86. The third kappa shape index (κ3) is 4.71. The van der Waals surface area contributed by atoms with Gasteiger partial charge in [-0.25, -0.2) is 0 Å². The van der Waals surface area contributed by atoms with Crippen molar-refractivity contribution in [3.8, 4) is 0 Å². The third-order valence-corrected chi connectivity index (χ3v) is 6.85. The Balaban J connectivity index is 1.35. The Morgan fingerprint density at radius 2 is 1.62 bits per heavy atom. The van der Waals surface area contributed by atoms with Crippen LogP contribution in [0.2, 0.25) is 0 Å². The summed E-state index contributed by atoms with van der Waals surface area (Å²) in [6.45, 7) is 5.50. The number of rotatable bonds is 4. The summed E-state index contributed by atoms with van der Waals surface area (Å²) < 4.78 is 0. The summed E-state index contributed by atoms with van der Waals surface area (Å²) in [7, 11) is 0. The van der Waals surface area contributed by atoms with Gasteiger partial charge in [-0.2, -0.15) is 0 Å². The van der Waals surface area contributed by atoms with Crippen molar-refractivity contribution in [2.45, 2.75) is 44.2 Å². The van der Waals surface area contributed by atoms with Gasteiger partial charge < -0.3 is 10.0 Å². The Labute approximate surface area is 174 Å². The zero-order valence-electron chi connectivity index (χ0n) is 17.3. The van der Waals surface area contributed by atoms with E-state index in [1.165, 1.54) is 5.56 Å². The van der Waals surface area contributed by atoms with Gasteiger partial charge in [-0.15, -0.1) is 0 Å². The highest BCUT2D eigenvalue weighted by Crippen LogP contribution is 2.33. The Bertz CT molecular complexity index is 798. The number of carbonyl (C=O) groups excluding carboxylic acids is 1. The van der Waals surface area contributed by atoms with Gasteiger partial charge in [0.1, 0.15) is 0 Å². The number of hydrogen-bond acceptors (Lipinski definition) is 3. The zero-order chi connectivity index (χ0) is 20.3. The van der Waals surface area contributed by atoms with Crippen molar-refractivity contribution < 1.29 is 9.90 Å². The molecule has 2 aromatic rings. The molecule has 0 spiro atoms. The third-order valence-electron chi connectivity index (χ3n) is 6.85. The molecule has 0 unspecified atom stereocenters. The number of amides is 1. The number of benzene rings is 2. The Hall–Kier alpha value is -2.17. The second kappa shape index (κ2) is 8.68. The molecule has 4 nitrogen and oxygen atoms in total. The predicted octanol–water partition coefficient (Wildman–Crippen LogP) is 3.61. The molecule has 29 heavy (non-hydrogen) atoms. The molecule has 2 heterocycles. The second-order valence-corrected chi connectivity index (χ2v) is 8.88. The maximum atomic E-state index is 12.7. The van der Waals surface area contributed by atoms with Crippen molar-refractivity contribution in [2.75, 3.05) is 26.2 Å². The van der Waals surface area contributed by atoms with Crippen molar-refractivity contribution in [3.63, 3.8) is 0 Å². The molecular weight excluding hydrogens is 360 g/mol. The second-order valence-electron chi connectivity index (χ2n) is 8.88. The Morgan fingerprint density at radius 3 is 2.28 bits per heavy atom. The normalized spacial score (nSPS) is 26.4. The molecule has 0 aliphatic carbocycles. The highest BCUT2D eigenvalue weighted by atomic mass is 16.3. The van der Waals surface area contributed by atoms with Crippen LogP contribution in [0, 0.1) is 5.92 Å². The van der Waals surface area contributed by atoms with Crippen molar-refractivity contribution >= 4 is 5.91 Å². The summed E-state index contributed by atoms with van der Waals surface area (Å²) >= 11 is 0. The minimum Gasteiger partial charge on any atom is -0.390 e. The highest BCUT2D eigenvalue weighted by Gasteiger charge is 2.40. The molecule has 1 amide bonds. The fourth-order valence-electron chi connectivity index (χ4n) is 4.86. The lowest BCUT2D eigenvalue weighted by atomic mass is 9.78. The van der Waals surface area contributed by atoms with E-state index in [2.05, 4.69) is 29.2 Å². The maximum absolute atomic E-state index is 12.7. The number of hydrogen-bond donors (Lipinski definition) is 1. The van der Waals surface area contributed by atoms with Crippen molar-refractivity contribution in [1.82, 2.24) is 9.80 Å². The van der Waals surface area contributed by atoms with Gasteiger partial charge in [0.2, 0.25) is 0 Å². The van der Waals surface area contributed by atoms with Crippen molar-refractivity contribution in [3.05, 3.63) is 71.8 Å². The van der Waals surface area contributed by atoms with Crippen LogP contribution in [-0.4, -0.2) is 58.6 Å². The molecule has 2 atom stereocenters. The predicted molar refractivity (Wildman–Crippen MR) is 116 cm³/mol. The van der Waals surface area contributed by atoms with Crippen LogP contribution in [0.4, 0.5) is 0 Å². The Morgan fingerprint density at radius 1 is 1.00 bits per heavy atom. The topological polar surface area (TPSA) is 43.8 Å². The number of nitrogens with zero attached hydrogens (tertiary/aromatic N) is 2. The molecule has 154 valence electrons. The average molecular weight is 393 g/mol. The molecule has 2 fully saturated rings. The standard InChI is InChI=1S/C25H32N2O2/c1-25(29)14-17-27(19-22(25)18-20-8-4-2-5-9-20)23-12-15-26(16-13-23)24(28)21-10-6-3-7-11-21/h2-11,22-23,29H,12-19H2,1H3/t22-,25+/m0/s1. The van der Waals surface area contributed by atoms with E-state index in [1.54, 1.807) is 0 Å². The van der Waals surface area contributed by atoms with E-state index < -0.39 is 5.60 Å². The van der Waals surface area contributed by atoms with E-state index in [-0.39, 0.29) is 11.8 Å². The van der Waals surface area contributed by atoms with Gasteiger partial charge in [0.05, 0.1) is 5.60 Å². The fraction of sp³-hybridized carbons (Fsp3) is 0.480. The largest absolute Gasteiger partial charge is 0.390 e. The Kier molecular flexibility index (Phi) is 6.02. The van der Waals surface area contributed by atoms with Crippen molar-refractivity contribution in [1.29, 1.82) is 0 Å². The lowest BCUT2D eigenvalue weighted by Crippen LogP contribution is -2.56. The van der Waals surface area contributed by atoms with Gasteiger partial charge in [0, 0.05) is 43.7 Å². The van der Waals surface area contributed by atoms with E-state index >= 15 is 0 Å². The first-order chi connectivity index (χ1) is 14.0. The number of piperidine rings is 2. The minimum absolute atomic E-state index is 0.146. The van der Waals surface area contributed by atoms with E-state index in [0.717, 1.165) is 57.4 Å². The molecular formula is C25H32N2O2. The maximum Gasteiger partial charge on any atom is 0.253 e. The van der Waals surface area contributed by atoms with E-state index in [9.17, 15) is 9.90 Å². The molecule has 0 saturated carbocycles. The lowest BCUT2D eigenvalue weighted by molar-refractivity contribution is -0.0712. The molecule has 0 bridgehead atoms. The van der Waals surface area contributed by atoms with Gasteiger partial charge >= 0.3 is 0 Å². The molecule has 2 aromatic carbocycles. The number of carbonyl (C=O) groups is 1. The molecule has 2 aliphatic heterocycles. The van der Waals surface area contributed by atoms with Crippen LogP contribution in [0.5, 0.6) is 0 Å². The first-order valence-corrected chi connectivity index (χ1v) is 10.9. The number of aliphatic hydroxyl groups is 1. The summed E-state index contributed by atoms with van der Waals surface area (Å²) in [6.07, 6.45) is 3.75. The van der Waals surface area contributed by atoms with Gasteiger partial charge in [0.15, 0.2) is 0 Å². The van der Waals surface area contributed by atoms with Crippen LogP contribution < -0.4 is 0 Å². The molecule has 0 radical (unpaired) electrons. The molecule has 4 rings (SSSR count). The number of likely N-dealkylation sites (tertiary alicyclic amines) is 2. The summed E-state index contributed by atoms with van der Waals surface area (Å²) in [5.74, 6) is 0.384. The zero-order valence-corrected chi connectivity index (χ0v) is 17.3. The van der Waals surface area contributed by atoms with Crippen LogP contribution in [-0.2, 0) is 6.42 Å². The highest BCUT2D eigenvalue weighted by molar-refractivity contribution is 5.94. The molecule has 2 saturated heterocycles. The first-order valence-electron chi connectivity index (χ1n) is 10.9. The van der Waals surface area contributed by atoms with Crippen LogP contribution in [0.3, 0.4) is 0 Å². The minimum atomic E-state index is -0.615. The molecule has 2 aliphatic rings. The quantitative estimate of drug-likeness (QED) is 0.865. The lowest BCUT2D eigenvalue weighted by Gasteiger charge is -2.47. The van der Waals surface area contributed by atoms with Gasteiger partial charge in [-0.05, 0) is 50.3 Å². The molecule has 0 aromatic heterocycles. The molecule has 4 heteroatoms. The average Bonchev–Trinajstić information content (AvgIpc) is 2.76. The van der Waals surface area contributed by atoms with E-state index in [0.29, 0.717) is 6.04 Å². The smallest absolute Gasteiger partial charge is 0.253 e. The summed E-state index contributed by atoms with van der Waals surface area (Å²) in [5, 5.41) is 11.0. The monoisotopic (exact) mass is 392 g/mol. The molecule has 1 N–H and O–H groups in total. The van der Waals surface area contributed by atoms with Gasteiger partial charge in [-0.1, -0.05) is 48.5 Å². The summed E-state index contributed by atoms with van der Waals surface area (Å²) in [4.78, 5) is 17.3. The van der Waals surface area contributed by atoms with Crippen LogP contribution in [0.15, 0.2) is 60.7 Å². The van der Waals surface area contributed by atoms with E-state index in [4.69, 9.17) is 0 Å². The van der Waals surface area contributed by atoms with Gasteiger partial charge in [-0.3, -0.25) is 9.69 Å². The van der Waals surface area contributed by atoms with Gasteiger partial charge in [0.25, 0.3) is 5.91 Å². The van der Waals surface area contributed by atoms with E-state index in [1.807, 2.05) is 48.2 Å².